The summed E-state index contributed by atoms with van der Waals surface area (Å²) in [4.78, 5) is 52.2. The first kappa shape index (κ1) is 24.6. The number of ketones is 1. The Morgan fingerprint density at radius 1 is 1.17 bits per heavy atom. The number of nitrogens with one attached hydrogen (secondary N) is 2. The van der Waals surface area contributed by atoms with E-state index in [4.69, 9.17) is 4.42 Å². The average molecular weight is 482 g/mol. The quantitative estimate of drug-likeness (QED) is 0.437. The van der Waals surface area contributed by atoms with Crippen molar-refractivity contribution in [3.05, 3.63) is 47.2 Å². The molecule has 1 aromatic carbocycles. The van der Waals surface area contributed by atoms with Crippen LogP contribution >= 0.6 is 0 Å². The molecule has 1 aliphatic carbocycles. The lowest BCUT2D eigenvalue weighted by molar-refractivity contribution is -0.136. The predicted molar refractivity (Wildman–Crippen MR) is 125 cm³/mol. The van der Waals surface area contributed by atoms with E-state index in [-0.39, 0.29) is 17.7 Å². The van der Waals surface area contributed by atoms with Crippen LogP contribution < -0.4 is 10.6 Å². The Labute approximate surface area is 203 Å². The molecule has 1 aromatic heterocycles. The van der Waals surface area contributed by atoms with E-state index in [1.54, 1.807) is 13.8 Å². The number of hydrogen-bond donors (Lipinski definition) is 2. The minimum absolute atomic E-state index is 0.192. The van der Waals surface area contributed by atoms with Crippen LogP contribution in [0.2, 0.25) is 0 Å². The van der Waals surface area contributed by atoms with Gasteiger partial charge in [0.25, 0.3) is 11.8 Å². The largest absolute Gasteiger partial charge is 0.418 e. The summed E-state index contributed by atoms with van der Waals surface area (Å²) in [5.41, 5.74) is 1.17. The second-order valence-corrected chi connectivity index (χ2v) is 9.78. The average Bonchev–Trinajstić information content (AvgIpc) is 3.36. The van der Waals surface area contributed by atoms with E-state index in [1.807, 2.05) is 31.2 Å². The molecule has 2 N–H and O–H groups in total. The molecule has 4 amide bonds. The van der Waals surface area contributed by atoms with Crippen molar-refractivity contribution in [1.29, 1.82) is 0 Å². The first-order valence-corrected chi connectivity index (χ1v) is 12.0. The summed E-state index contributed by atoms with van der Waals surface area (Å²) in [7, 11) is 0. The van der Waals surface area contributed by atoms with Crippen LogP contribution in [0.4, 0.5) is 4.79 Å². The molecule has 1 saturated heterocycles. The summed E-state index contributed by atoms with van der Waals surface area (Å²) in [6.45, 7) is 5.08. The minimum atomic E-state index is -0.945. The predicted octanol–water partition coefficient (Wildman–Crippen LogP) is 2.55. The first-order valence-electron chi connectivity index (χ1n) is 12.0. The van der Waals surface area contributed by atoms with Gasteiger partial charge >= 0.3 is 6.03 Å². The lowest BCUT2D eigenvalue weighted by Gasteiger charge is -2.30. The summed E-state index contributed by atoms with van der Waals surface area (Å²) < 4.78 is 5.59. The highest BCUT2D eigenvalue weighted by Gasteiger charge is 2.51. The van der Waals surface area contributed by atoms with E-state index in [2.05, 4.69) is 20.8 Å². The summed E-state index contributed by atoms with van der Waals surface area (Å²) in [5.74, 6) is -1.67. The van der Waals surface area contributed by atoms with Crippen molar-refractivity contribution in [2.75, 3.05) is 6.54 Å². The molecule has 1 atom stereocenters. The van der Waals surface area contributed by atoms with E-state index in [9.17, 15) is 19.2 Å². The maximum absolute atomic E-state index is 13.1. The van der Waals surface area contributed by atoms with Gasteiger partial charge in [-0.05, 0) is 31.2 Å². The molecule has 1 spiro atoms. The number of carbonyl (C=O) groups excluding carboxylic acids is 4. The lowest BCUT2D eigenvalue weighted by Crippen LogP contribution is -2.50. The maximum Gasteiger partial charge on any atom is 0.325 e. The molecule has 0 radical (unpaired) electrons. The van der Waals surface area contributed by atoms with Crippen molar-refractivity contribution in [1.82, 2.24) is 25.7 Å². The highest BCUT2D eigenvalue weighted by molar-refractivity contribution is 6.09. The fourth-order valence-electron chi connectivity index (χ4n) is 4.77. The zero-order chi connectivity index (χ0) is 25.2. The van der Waals surface area contributed by atoms with Crippen LogP contribution in [0, 0.1) is 12.8 Å². The smallest absolute Gasteiger partial charge is 0.325 e. The molecule has 10 nitrogen and oxygen atoms in total. The molecule has 2 aromatic rings. The molecule has 4 rings (SSSR count). The third-order valence-electron chi connectivity index (χ3n) is 6.64. The SMILES string of the molecule is Cc1cccc(Cc2nnc(C(=O)[C@@H](NC(=O)CN3C(=O)NC4(CCCCC4)C3=O)C(C)C)o2)c1. The number of amides is 4. The molecule has 1 saturated carbocycles. The Morgan fingerprint density at radius 2 is 1.91 bits per heavy atom. The van der Waals surface area contributed by atoms with Gasteiger partial charge in [0.1, 0.15) is 12.1 Å². The monoisotopic (exact) mass is 481 g/mol. The molecule has 0 bridgehead atoms. The van der Waals surface area contributed by atoms with Gasteiger partial charge in [-0.15, -0.1) is 10.2 Å². The van der Waals surface area contributed by atoms with E-state index >= 15 is 0 Å². The maximum atomic E-state index is 13.1. The normalized spacial score (nSPS) is 18.1. The number of rotatable bonds is 8. The van der Waals surface area contributed by atoms with E-state index < -0.39 is 35.8 Å². The Balaban J connectivity index is 1.40. The molecule has 186 valence electrons. The number of urea groups is 1. The number of hydrogen-bond acceptors (Lipinski definition) is 7. The first-order chi connectivity index (χ1) is 16.7. The second-order valence-electron chi connectivity index (χ2n) is 9.78. The molecule has 2 heterocycles. The van der Waals surface area contributed by atoms with Crippen LogP contribution in [-0.4, -0.2) is 56.9 Å². The third kappa shape index (κ3) is 5.26. The summed E-state index contributed by atoms with van der Waals surface area (Å²) in [6, 6.07) is 6.32. The van der Waals surface area contributed by atoms with Crippen LogP contribution in [0.5, 0.6) is 0 Å². The van der Waals surface area contributed by atoms with Gasteiger partial charge in [-0.1, -0.05) is 62.9 Å². The van der Waals surface area contributed by atoms with Crippen molar-refractivity contribution < 1.29 is 23.6 Å². The van der Waals surface area contributed by atoms with Crippen LogP contribution in [0.25, 0.3) is 0 Å². The zero-order valence-corrected chi connectivity index (χ0v) is 20.3. The Hall–Kier alpha value is -3.56. The molecule has 1 aliphatic heterocycles. The van der Waals surface area contributed by atoms with Crippen LogP contribution in [0.15, 0.2) is 28.7 Å². The van der Waals surface area contributed by atoms with Gasteiger partial charge in [-0.25, -0.2) is 4.79 Å². The van der Waals surface area contributed by atoms with Crippen LogP contribution in [0.1, 0.15) is 73.7 Å². The molecule has 35 heavy (non-hydrogen) atoms. The zero-order valence-electron chi connectivity index (χ0n) is 20.3. The van der Waals surface area contributed by atoms with Crippen molar-refractivity contribution in [3.8, 4) is 0 Å². The Kier molecular flexibility index (Phi) is 7.00. The fraction of sp³-hybridized carbons (Fsp3) is 0.520. The van der Waals surface area contributed by atoms with Gasteiger partial charge in [0.2, 0.25) is 17.6 Å². The lowest BCUT2D eigenvalue weighted by atomic mass is 9.82. The number of carbonyl (C=O) groups is 4. The van der Waals surface area contributed by atoms with Crippen LogP contribution in [0.3, 0.4) is 0 Å². The topological polar surface area (TPSA) is 134 Å². The highest BCUT2D eigenvalue weighted by Crippen LogP contribution is 2.33. The molecule has 10 heteroatoms. The number of Topliss-reactive ketones (excluding diaryl/α,β-unsaturated/α-hetero) is 1. The van der Waals surface area contributed by atoms with E-state index in [0.29, 0.717) is 25.2 Å². The van der Waals surface area contributed by atoms with Gasteiger partial charge in [0.15, 0.2) is 0 Å². The van der Waals surface area contributed by atoms with Gasteiger partial charge in [-0.2, -0.15) is 0 Å². The Bertz CT molecular complexity index is 1130. The second kappa shape index (κ2) is 9.97. The standard InChI is InChI=1S/C25H31N5O5/c1-15(2)20(21(32)22-29-28-19(35-22)13-17-9-7-8-16(3)12-17)26-18(31)14-30-23(33)25(27-24(30)34)10-5-4-6-11-25/h7-9,12,15,20H,4-6,10-11,13-14H2,1-3H3,(H,26,31)(H,27,34)/t20-/m0/s1. The Morgan fingerprint density at radius 3 is 2.60 bits per heavy atom. The minimum Gasteiger partial charge on any atom is -0.418 e. The van der Waals surface area contributed by atoms with Gasteiger partial charge in [-0.3, -0.25) is 19.3 Å². The summed E-state index contributed by atoms with van der Waals surface area (Å²) in [5, 5.41) is 13.3. The van der Waals surface area contributed by atoms with Gasteiger partial charge < -0.3 is 15.1 Å². The number of nitrogens with zero attached hydrogens (tertiary/aromatic N) is 3. The van der Waals surface area contributed by atoms with E-state index in [1.165, 1.54) is 0 Å². The third-order valence-corrected chi connectivity index (χ3v) is 6.64. The number of aryl methyl sites for hydroxylation is 1. The van der Waals surface area contributed by atoms with E-state index in [0.717, 1.165) is 35.3 Å². The van der Waals surface area contributed by atoms with Crippen molar-refractivity contribution >= 4 is 23.6 Å². The number of aromatic nitrogens is 2. The van der Waals surface area contributed by atoms with Crippen molar-refractivity contribution in [2.45, 2.75) is 70.9 Å². The summed E-state index contributed by atoms with van der Waals surface area (Å²) >= 11 is 0. The molecular formula is C25H31N5O5. The number of imide groups is 1. The highest BCUT2D eigenvalue weighted by atomic mass is 16.4. The molecule has 2 fully saturated rings. The van der Waals surface area contributed by atoms with Gasteiger partial charge in [0.05, 0.1) is 12.5 Å². The fourth-order valence-corrected chi connectivity index (χ4v) is 4.77. The molecular weight excluding hydrogens is 450 g/mol. The molecule has 2 aliphatic rings. The van der Waals surface area contributed by atoms with Crippen LogP contribution in [-0.2, 0) is 16.0 Å². The summed E-state index contributed by atoms with van der Waals surface area (Å²) in [6.07, 6.45) is 4.26. The van der Waals surface area contributed by atoms with Crippen molar-refractivity contribution in [2.24, 2.45) is 5.92 Å². The van der Waals surface area contributed by atoms with Crippen molar-refractivity contribution in [3.63, 3.8) is 0 Å². The molecule has 0 unspecified atom stereocenters. The number of benzene rings is 1. The van der Waals surface area contributed by atoms with Gasteiger partial charge in [0, 0.05) is 0 Å².